The van der Waals surface area contributed by atoms with E-state index in [-0.39, 0.29) is 112 Å². The van der Waals surface area contributed by atoms with Crippen molar-refractivity contribution >= 4 is 113 Å². The second-order valence-electron chi connectivity index (χ2n) is 36.7. The fourth-order valence-corrected chi connectivity index (χ4v) is 20.3. The number of amides is 2. The molecule has 2 amide bonds. The van der Waals surface area contributed by atoms with Gasteiger partial charge in [0.2, 0.25) is 33.5 Å². The smallest absolute Gasteiger partial charge is 0.341 e. The number of pyridine rings is 4. The van der Waals surface area contributed by atoms with Crippen LogP contribution in [0.2, 0.25) is 0 Å². The SMILES string of the molecule is CNC[C@@H]1CCN(c2c(F)cc3c(=O)c(C(=O)O)cn(Cc4ccc(-c5ccccc5)cc4)c3c2OC)C1.COc1c(N2CCNCC2)c(F)cc2c(=O)c(C(=O)O)cn(Cc3ccc4ccccc4c3)c12.COc1c(N2CC[C@@H](C(N)=O)C2)c(F)cc2c(=O)c(C(=O)O)cn(Cc3ccc(-c4ccccc4)cc3)c12.COc1c(N2CC[C@@H](C(N)=O)C2)c(F)cc2c(=O)c(C(=O)O)cn(Cc3cccc(-c4ccccc4)c3)c12. The van der Waals surface area contributed by atoms with Gasteiger partial charge in [-0.05, 0) is 142 Å². The standard InChI is InChI=1S/C30H30FN3O4.2C29H26FN3O5.C26H24FN3O4/c1-32-15-20-12-13-33(17-20)27-25(31)14-23-26(29(27)38-2)34(18-24(28(23)35)30(36)37)16-19-8-10-22(11-9-19)21-6-4-3-5-7-21;1-38-27-24-21(13-23(30)25(27)32-11-10-20(15-32)28(31)35)26(34)22(29(36)37)16-33(24)14-17-6-5-9-19(12-17)18-7-3-2-4-8-18;1-38-27-24-21(13-23(30)25(27)32-12-11-20(15-32)28(31)35)26(34)22(29(36)37)16-33(24)14-17-7-9-19(10-8-17)18-5-3-2-4-6-18;1-34-25-22-19(13-21(27)23(25)29-10-8-28-9-11-29)24(31)20(26(32)33)15-30(22)14-16-6-7-17-4-2-3-5-18(17)12-16/h3-11,14,18,20,32H,12-13,15-17H2,1-2H3,(H,36,37);2-9,12-13,16,20H,10-11,14-15H2,1H3,(H2,31,35)(H,36,37);2-10,13,16,20H,11-12,14-15H2,1H3,(H2,31,35)(H,36,37);2-7,12-13,15,28H,8-11,14H2,1H3,(H,32,33)/t3*20-;/m011./s1. The normalized spacial score (nSPS) is 14.9. The van der Waals surface area contributed by atoms with E-state index in [0.29, 0.717) is 87.8 Å². The first-order chi connectivity index (χ1) is 71.4. The number of ether oxygens (including phenoxy) is 4. The molecule has 0 spiro atoms. The molecule has 16 aromatic rings. The maximum absolute atomic E-state index is 15.6. The molecule has 4 fully saturated rings. The van der Waals surface area contributed by atoms with E-state index in [2.05, 4.69) is 10.6 Å². The Bertz CT molecular complexity index is 8110. The van der Waals surface area contributed by atoms with Crippen LogP contribution in [0.5, 0.6) is 23.0 Å². The van der Waals surface area contributed by atoms with Gasteiger partial charge in [0, 0.05) is 116 Å². The molecule has 30 nitrogen and oxygen atoms in total. The number of carboxylic acids is 4. The van der Waals surface area contributed by atoms with Gasteiger partial charge in [-0.1, -0.05) is 194 Å². The average molecular weight is 2010 g/mol. The molecule has 4 aliphatic rings. The predicted octanol–water partition coefficient (Wildman–Crippen LogP) is 15.8. The van der Waals surface area contributed by atoms with Crippen molar-refractivity contribution in [3.05, 3.63) is 364 Å². The fraction of sp³-hybridized carbons (Fsp3) is 0.228. The Balaban J connectivity index is 0.000000135. The Labute approximate surface area is 845 Å². The number of nitrogens with one attached hydrogen (secondary N) is 2. The quantitative estimate of drug-likeness (QED) is 0.0222. The van der Waals surface area contributed by atoms with Gasteiger partial charge >= 0.3 is 23.9 Å². The number of aromatic nitrogens is 4. The molecule has 3 atom stereocenters. The second-order valence-corrected chi connectivity index (χ2v) is 36.7. The van der Waals surface area contributed by atoms with E-state index in [1.165, 1.54) is 53.2 Å². The monoisotopic (exact) mass is 2010 g/mol. The minimum Gasteiger partial charge on any atom is -0.492 e. The third-order valence-electron chi connectivity index (χ3n) is 27.4. The van der Waals surface area contributed by atoms with Gasteiger partial charge in [-0.15, -0.1) is 0 Å². The molecule has 0 unspecified atom stereocenters. The number of primary amides is 2. The summed E-state index contributed by atoms with van der Waals surface area (Å²) in [5, 5.41) is 47.1. The summed E-state index contributed by atoms with van der Waals surface area (Å²) in [6.45, 7) is 6.83. The van der Waals surface area contributed by atoms with Crippen LogP contribution in [-0.2, 0) is 35.8 Å². The molecule has 0 saturated carbocycles. The van der Waals surface area contributed by atoms with Gasteiger partial charge in [-0.3, -0.25) is 28.8 Å². The number of aromatic carboxylic acids is 4. The van der Waals surface area contributed by atoms with Crippen LogP contribution in [0, 0.1) is 41.0 Å². The van der Waals surface area contributed by atoms with Crippen LogP contribution in [0.4, 0.5) is 40.3 Å². The molecule has 12 aromatic carbocycles. The molecule has 8 heterocycles. The highest BCUT2D eigenvalue weighted by molar-refractivity contribution is 6.02. The van der Waals surface area contributed by atoms with E-state index < -0.39 is 115 Å². The van der Waals surface area contributed by atoms with Crippen LogP contribution < -0.4 is 82.4 Å². The molecule has 4 aliphatic heterocycles. The van der Waals surface area contributed by atoms with Gasteiger partial charge in [0.1, 0.15) is 45.0 Å². The van der Waals surface area contributed by atoms with E-state index in [0.717, 1.165) is 104 Å². The largest absolute Gasteiger partial charge is 0.492 e. The number of fused-ring (bicyclic) bond motifs is 5. The van der Waals surface area contributed by atoms with Crippen LogP contribution in [0.15, 0.2) is 274 Å². The first kappa shape index (κ1) is 102. The Morgan fingerprint density at radius 3 is 0.993 bits per heavy atom. The first-order valence-corrected chi connectivity index (χ1v) is 48.0. The lowest BCUT2D eigenvalue weighted by Crippen LogP contribution is -2.44. The van der Waals surface area contributed by atoms with Gasteiger partial charge in [0.15, 0.2) is 46.3 Å². The van der Waals surface area contributed by atoms with Crippen LogP contribution in [0.25, 0.3) is 87.8 Å². The lowest BCUT2D eigenvalue weighted by atomic mass is 10.0. The van der Waals surface area contributed by atoms with E-state index >= 15 is 17.6 Å². The summed E-state index contributed by atoms with van der Waals surface area (Å²) in [5.41, 5.74) is 17.9. The minimum atomic E-state index is -1.41. The summed E-state index contributed by atoms with van der Waals surface area (Å²) in [5.74, 6) is -8.99. The van der Waals surface area contributed by atoms with E-state index in [9.17, 15) is 68.4 Å². The minimum absolute atomic E-state index is 0.0186. The van der Waals surface area contributed by atoms with Gasteiger partial charge in [-0.2, -0.15) is 0 Å². The highest BCUT2D eigenvalue weighted by Crippen LogP contribution is 2.46. The van der Waals surface area contributed by atoms with Gasteiger partial charge in [-0.25, -0.2) is 36.7 Å². The molecule has 4 aromatic heterocycles. The number of rotatable bonds is 27. The number of benzene rings is 12. The van der Waals surface area contributed by atoms with Gasteiger partial charge in [0.05, 0.1) is 83.9 Å². The molecule has 0 bridgehead atoms. The average Bonchev–Trinajstić information content (AvgIpc) is 1.26. The number of anilines is 4. The number of hydrogen-bond acceptors (Lipinski definition) is 20. The van der Waals surface area contributed by atoms with E-state index in [1.54, 1.807) is 28.1 Å². The number of hydrogen-bond donors (Lipinski definition) is 8. The number of nitrogens with zero attached hydrogens (tertiary/aromatic N) is 8. The summed E-state index contributed by atoms with van der Waals surface area (Å²) in [6.07, 6.45) is 7.02. The summed E-state index contributed by atoms with van der Waals surface area (Å²) < 4.78 is 91.3. The lowest BCUT2D eigenvalue weighted by Gasteiger charge is -2.31. The number of carboxylic acid groups (broad SMARTS) is 4. The van der Waals surface area contributed by atoms with E-state index in [4.69, 9.17) is 30.4 Å². The number of carbonyl (C=O) groups is 6. The zero-order valence-electron chi connectivity index (χ0n) is 81.5. The summed E-state index contributed by atoms with van der Waals surface area (Å²) in [7, 11) is 7.53. The lowest BCUT2D eigenvalue weighted by molar-refractivity contribution is -0.121. The van der Waals surface area contributed by atoms with Crippen molar-refractivity contribution < 1.29 is 85.7 Å². The molecule has 758 valence electrons. The van der Waals surface area contributed by atoms with Crippen molar-refractivity contribution in [3.8, 4) is 56.4 Å². The summed E-state index contributed by atoms with van der Waals surface area (Å²) in [4.78, 5) is 131. The topological polar surface area (TPSA) is 397 Å². The van der Waals surface area contributed by atoms with Crippen LogP contribution in [-0.4, -0.2) is 182 Å². The number of piperazine rings is 1. The third kappa shape index (κ3) is 21.2. The number of methoxy groups -OCH3 is 4. The van der Waals surface area contributed by atoms with Crippen molar-refractivity contribution in [1.29, 1.82) is 0 Å². The van der Waals surface area contributed by atoms with Crippen LogP contribution in [0.3, 0.4) is 0 Å². The molecular formula is C114H106F4N12O18. The van der Waals surface area contributed by atoms with Crippen molar-refractivity contribution in [1.82, 2.24) is 28.9 Å². The fourth-order valence-electron chi connectivity index (χ4n) is 20.3. The first-order valence-electron chi connectivity index (χ1n) is 48.0. The molecule has 34 heteroatoms. The van der Waals surface area contributed by atoms with Gasteiger partial charge < -0.3 is 99.3 Å². The Morgan fingerprint density at radius 1 is 0.345 bits per heavy atom. The highest BCUT2D eigenvalue weighted by atomic mass is 19.1. The molecule has 10 N–H and O–H groups in total. The van der Waals surface area contributed by atoms with Gasteiger partial charge in [0.25, 0.3) is 0 Å². The molecule has 4 saturated heterocycles. The number of nitrogens with two attached hydrogens (primary N) is 2. The second kappa shape index (κ2) is 44.4. The van der Waals surface area contributed by atoms with Crippen molar-refractivity contribution in [2.24, 2.45) is 29.2 Å². The van der Waals surface area contributed by atoms with Crippen molar-refractivity contribution in [3.63, 3.8) is 0 Å². The number of carbonyl (C=O) groups excluding carboxylic acids is 2. The Hall–Kier alpha value is -17.4. The Kier molecular flexibility index (Phi) is 30.7. The highest BCUT2D eigenvalue weighted by Gasteiger charge is 2.38. The number of halogens is 4. The van der Waals surface area contributed by atoms with E-state index in [1.807, 2.05) is 223 Å². The molecule has 20 rings (SSSR count). The molecule has 0 radical (unpaired) electrons. The molecular weight excluding hydrogens is 1900 g/mol. The van der Waals surface area contributed by atoms with Crippen LogP contribution in [0.1, 0.15) is 82.9 Å². The summed E-state index contributed by atoms with van der Waals surface area (Å²) in [6, 6.07) is 71.4. The third-order valence-corrected chi connectivity index (χ3v) is 27.4. The van der Waals surface area contributed by atoms with Crippen molar-refractivity contribution in [2.75, 3.05) is 127 Å². The summed E-state index contributed by atoms with van der Waals surface area (Å²) >= 11 is 0. The zero-order chi connectivity index (χ0) is 105. The zero-order valence-corrected chi connectivity index (χ0v) is 81.5. The van der Waals surface area contributed by atoms with Crippen LogP contribution >= 0.6 is 0 Å². The maximum atomic E-state index is 15.6. The molecule has 148 heavy (non-hydrogen) atoms. The predicted molar refractivity (Wildman–Crippen MR) is 561 cm³/mol. The molecule has 0 aliphatic carbocycles. The Morgan fingerprint density at radius 2 is 0.649 bits per heavy atom. The van der Waals surface area contributed by atoms with Crippen molar-refractivity contribution in [2.45, 2.75) is 45.4 Å². The maximum Gasteiger partial charge on any atom is 0.341 e.